The molecule has 1 heterocycles. The third-order valence-electron chi connectivity index (χ3n) is 3.68. The largest absolute Gasteiger partial charge is 0.313 e. The number of nitrogens with one attached hydrogen (secondary N) is 1. The Bertz CT molecular complexity index is 599. The highest BCUT2D eigenvalue weighted by molar-refractivity contribution is 7.89. The Kier molecular flexibility index (Phi) is 5.34. The van der Waals surface area contributed by atoms with Gasteiger partial charge in [0, 0.05) is 19.1 Å². The van der Waals surface area contributed by atoms with E-state index in [0.29, 0.717) is 18.7 Å². The fourth-order valence-electron chi connectivity index (χ4n) is 2.57. The average Bonchev–Trinajstić information content (AvgIpc) is 3.00. The van der Waals surface area contributed by atoms with Crippen LogP contribution in [0.3, 0.4) is 0 Å². The van der Waals surface area contributed by atoms with Crippen LogP contribution in [-0.4, -0.2) is 38.4 Å². The Labute approximate surface area is 126 Å². The molecule has 0 spiro atoms. The SMILES string of the molecule is CCCN(CC1CCCN1)S(=O)(=O)c1ccc(C#N)cc1. The number of benzene rings is 1. The molecule has 1 fully saturated rings. The van der Waals surface area contributed by atoms with Gasteiger partial charge < -0.3 is 5.32 Å². The van der Waals surface area contributed by atoms with Gasteiger partial charge in [0.15, 0.2) is 0 Å². The summed E-state index contributed by atoms with van der Waals surface area (Å²) in [5, 5.41) is 12.1. The van der Waals surface area contributed by atoms with Gasteiger partial charge in [-0.25, -0.2) is 8.42 Å². The van der Waals surface area contributed by atoms with Crippen LogP contribution >= 0.6 is 0 Å². The summed E-state index contributed by atoms with van der Waals surface area (Å²) < 4.78 is 27.0. The van der Waals surface area contributed by atoms with Gasteiger partial charge in [-0.05, 0) is 50.1 Å². The molecule has 2 rings (SSSR count). The molecule has 0 bridgehead atoms. The van der Waals surface area contributed by atoms with Crippen molar-refractivity contribution >= 4 is 10.0 Å². The highest BCUT2D eigenvalue weighted by Crippen LogP contribution is 2.19. The van der Waals surface area contributed by atoms with Crippen LogP contribution in [0.1, 0.15) is 31.7 Å². The molecule has 0 amide bonds. The van der Waals surface area contributed by atoms with Crippen LogP contribution in [0.2, 0.25) is 0 Å². The molecule has 1 aliphatic heterocycles. The van der Waals surface area contributed by atoms with Crippen molar-refractivity contribution in [3.05, 3.63) is 29.8 Å². The molecule has 0 radical (unpaired) electrons. The van der Waals surface area contributed by atoms with E-state index < -0.39 is 10.0 Å². The molecule has 1 N–H and O–H groups in total. The van der Waals surface area contributed by atoms with E-state index in [0.717, 1.165) is 25.8 Å². The van der Waals surface area contributed by atoms with Gasteiger partial charge in [-0.1, -0.05) is 6.92 Å². The van der Waals surface area contributed by atoms with Gasteiger partial charge in [0.1, 0.15) is 0 Å². The van der Waals surface area contributed by atoms with Crippen molar-refractivity contribution in [2.24, 2.45) is 0 Å². The molecule has 0 aromatic heterocycles. The zero-order valence-electron chi connectivity index (χ0n) is 12.2. The molecule has 6 heteroatoms. The lowest BCUT2D eigenvalue weighted by molar-refractivity contribution is 0.369. The molecule has 1 saturated heterocycles. The van der Waals surface area contributed by atoms with Crippen LogP contribution in [0.25, 0.3) is 0 Å². The summed E-state index contributed by atoms with van der Waals surface area (Å²) >= 11 is 0. The maximum atomic E-state index is 12.7. The van der Waals surface area contributed by atoms with E-state index in [-0.39, 0.29) is 10.9 Å². The van der Waals surface area contributed by atoms with Crippen molar-refractivity contribution in [1.82, 2.24) is 9.62 Å². The van der Waals surface area contributed by atoms with Gasteiger partial charge in [-0.3, -0.25) is 0 Å². The van der Waals surface area contributed by atoms with Crippen LogP contribution in [-0.2, 0) is 10.0 Å². The predicted molar refractivity (Wildman–Crippen MR) is 81.2 cm³/mol. The summed E-state index contributed by atoms with van der Waals surface area (Å²) in [6, 6.07) is 8.36. The molecule has 1 aliphatic rings. The zero-order valence-corrected chi connectivity index (χ0v) is 13.1. The summed E-state index contributed by atoms with van der Waals surface area (Å²) in [4.78, 5) is 0.257. The van der Waals surface area contributed by atoms with E-state index in [1.807, 2.05) is 13.0 Å². The smallest absolute Gasteiger partial charge is 0.243 e. The van der Waals surface area contributed by atoms with Crippen molar-refractivity contribution in [3.8, 4) is 6.07 Å². The number of nitriles is 1. The second-order valence-corrected chi connectivity index (χ2v) is 7.23. The molecule has 1 unspecified atom stereocenters. The molecular formula is C15H21N3O2S. The highest BCUT2D eigenvalue weighted by Gasteiger charge is 2.27. The van der Waals surface area contributed by atoms with Gasteiger partial charge in [0.25, 0.3) is 0 Å². The minimum absolute atomic E-state index is 0.240. The summed E-state index contributed by atoms with van der Waals surface area (Å²) in [6.45, 7) is 3.96. The molecule has 0 aliphatic carbocycles. The lowest BCUT2D eigenvalue weighted by atomic mass is 10.2. The molecule has 0 saturated carbocycles. The van der Waals surface area contributed by atoms with E-state index in [1.165, 1.54) is 12.1 Å². The van der Waals surface area contributed by atoms with Crippen LogP contribution in [0.15, 0.2) is 29.2 Å². The van der Waals surface area contributed by atoms with Crippen LogP contribution in [0.5, 0.6) is 0 Å². The Morgan fingerprint density at radius 2 is 2.10 bits per heavy atom. The monoisotopic (exact) mass is 307 g/mol. The average molecular weight is 307 g/mol. The normalized spacial score (nSPS) is 18.8. The standard InChI is InChI=1S/C15H21N3O2S/c1-2-10-18(12-14-4-3-9-17-14)21(19,20)15-7-5-13(11-16)6-8-15/h5-8,14,17H,2-4,9-10,12H2,1H3. The summed E-state index contributed by atoms with van der Waals surface area (Å²) in [5.74, 6) is 0. The second-order valence-electron chi connectivity index (χ2n) is 5.29. The first-order valence-electron chi connectivity index (χ1n) is 7.31. The number of hydrogen-bond donors (Lipinski definition) is 1. The second kappa shape index (κ2) is 7.03. The zero-order chi connectivity index (χ0) is 15.3. The highest BCUT2D eigenvalue weighted by atomic mass is 32.2. The molecule has 5 nitrogen and oxygen atoms in total. The van der Waals surface area contributed by atoms with E-state index in [4.69, 9.17) is 5.26 Å². The molecule has 1 aromatic carbocycles. The number of sulfonamides is 1. The van der Waals surface area contributed by atoms with Crippen molar-refractivity contribution < 1.29 is 8.42 Å². The van der Waals surface area contributed by atoms with Gasteiger partial charge in [0.05, 0.1) is 16.5 Å². The third kappa shape index (κ3) is 3.82. The van der Waals surface area contributed by atoms with Crippen LogP contribution in [0.4, 0.5) is 0 Å². The number of rotatable bonds is 6. The van der Waals surface area contributed by atoms with E-state index >= 15 is 0 Å². The van der Waals surface area contributed by atoms with E-state index in [1.54, 1.807) is 16.4 Å². The van der Waals surface area contributed by atoms with Crippen molar-refractivity contribution in [2.45, 2.75) is 37.1 Å². The topological polar surface area (TPSA) is 73.2 Å². The summed E-state index contributed by atoms with van der Waals surface area (Å²) in [5.41, 5.74) is 0.466. The molecule has 114 valence electrons. The van der Waals surface area contributed by atoms with Crippen LogP contribution in [0, 0.1) is 11.3 Å². The fraction of sp³-hybridized carbons (Fsp3) is 0.533. The maximum absolute atomic E-state index is 12.7. The van der Waals surface area contributed by atoms with E-state index in [2.05, 4.69) is 5.32 Å². The minimum atomic E-state index is -3.49. The lowest BCUT2D eigenvalue weighted by Crippen LogP contribution is -2.41. The van der Waals surface area contributed by atoms with Gasteiger partial charge in [-0.2, -0.15) is 9.57 Å². The lowest BCUT2D eigenvalue weighted by Gasteiger charge is -2.24. The summed E-state index contributed by atoms with van der Waals surface area (Å²) in [6.07, 6.45) is 2.90. The first kappa shape index (κ1) is 16.0. The Hall–Kier alpha value is -1.42. The fourth-order valence-corrected chi connectivity index (χ4v) is 4.15. The van der Waals surface area contributed by atoms with Crippen molar-refractivity contribution in [3.63, 3.8) is 0 Å². The predicted octanol–water partition coefficient (Wildman–Crippen LogP) is 1.71. The van der Waals surface area contributed by atoms with Gasteiger partial charge in [-0.15, -0.1) is 0 Å². The van der Waals surface area contributed by atoms with Gasteiger partial charge in [0.2, 0.25) is 10.0 Å². The molecule has 1 atom stereocenters. The summed E-state index contributed by atoms with van der Waals surface area (Å²) in [7, 11) is -3.49. The van der Waals surface area contributed by atoms with Crippen molar-refractivity contribution in [2.75, 3.05) is 19.6 Å². The minimum Gasteiger partial charge on any atom is -0.313 e. The van der Waals surface area contributed by atoms with Crippen molar-refractivity contribution in [1.29, 1.82) is 5.26 Å². The Morgan fingerprint density at radius 1 is 1.38 bits per heavy atom. The maximum Gasteiger partial charge on any atom is 0.243 e. The van der Waals surface area contributed by atoms with E-state index in [9.17, 15) is 8.42 Å². The first-order chi connectivity index (χ1) is 10.1. The quantitative estimate of drug-likeness (QED) is 0.868. The van der Waals surface area contributed by atoms with Gasteiger partial charge >= 0.3 is 0 Å². The molecule has 1 aromatic rings. The third-order valence-corrected chi connectivity index (χ3v) is 5.56. The van der Waals surface area contributed by atoms with Crippen LogP contribution < -0.4 is 5.32 Å². The Balaban J connectivity index is 2.21. The number of hydrogen-bond acceptors (Lipinski definition) is 4. The molecular weight excluding hydrogens is 286 g/mol. The Morgan fingerprint density at radius 3 is 2.62 bits per heavy atom. The molecule has 21 heavy (non-hydrogen) atoms. The number of nitrogens with zero attached hydrogens (tertiary/aromatic N) is 2. The first-order valence-corrected chi connectivity index (χ1v) is 8.75.